The number of hydrogen-bond donors (Lipinski definition) is 2. The lowest BCUT2D eigenvalue weighted by molar-refractivity contribution is -0.137. The minimum atomic E-state index is -0.794. The van der Waals surface area contributed by atoms with E-state index in [0.717, 1.165) is 16.2 Å². The maximum atomic E-state index is 10.6. The van der Waals surface area contributed by atoms with Crippen LogP contribution in [0.1, 0.15) is 17.7 Å². The highest BCUT2D eigenvalue weighted by molar-refractivity contribution is 7.09. The summed E-state index contributed by atoms with van der Waals surface area (Å²) < 4.78 is 0. The Kier molecular flexibility index (Phi) is 3.04. The highest BCUT2D eigenvalue weighted by atomic mass is 32.1. The van der Waals surface area contributed by atoms with Gasteiger partial charge in [0.15, 0.2) is 0 Å². The second-order valence-electron chi connectivity index (χ2n) is 2.39. The molecule has 12 heavy (non-hydrogen) atoms. The number of thiazole rings is 1. The molecule has 1 aromatic rings. The molecule has 2 N–H and O–H groups in total. The number of aromatic nitrogens is 1. The van der Waals surface area contributed by atoms with Crippen molar-refractivity contribution in [1.82, 2.24) is 4.98 Å². The number of hydrogen-bond acceptors (Lipinski definition) is 3. The number of carboxylic acid groups (broad SMARTS) is 1. The van der Waals surface area contributed by atoms with Crippen LogP contribution < -0.4 is 4.87 Å². The smallest absolute Gasteiger partial charge is 0.304 e. The van der Waals surface area contributed by atoms with Crippen molar-refractivity contribution < 1.29 is 9.90 Å². The molecule has 0 aliphatic carbocycles. The first-order valence-electron chi connectivity index (χ1n) is 3.57. The molecule has 4 nitrogen and oxygen atoms in total. The SMILES string of the molecule is O=C(O)CCCc1c[nH]c(=O)s1. The molecule has 0 unspecified atom stereocenters. The zero-order valence-corrected chi connectivity index (χ0v) is 7.19. The van der Waals surface area contributed by atoms with Crippen molar-refractivity contribution in [3.05, 3.63) is 20.7 Å². The largest absolute Gasteiger partial charge is 0.481 e. The summed E-state index contributed by atoms with van der Waals surface area (Å²) in [6.07, 6.45) is 3.04. The number of carbonyl (C=O) groups is 1. The molecular weight excluding hydrogens is 178 g/mol. The molecule has 1 heterocycles. The number of rotatable bonds is 4. The lowest BCUT2D eigenvalue weighted by atomic mass is 10.2. The van der Waals surface area contributed by atoms with Crippen molar-refractivity contribution >= 4 is 17.3 Å². The first-order chi connectivity index (χ1) is 5.68. The van der Waals surface area contributed by atoms with E-state index < -0.39 is 5.97 Å². The maximum absolute atomic E-state index is 10.6. The molecule has 66 valence electrons. The van der Waals surface area contributed by atoms with Gasteiger partial charge in [0, 0.05) is 17.5 Å². The van der Waals surface area contributed by atoms with Gasteiger partial charge in [-0.1, -0.05) is 11.3 Å². The first kappa shape index (κ1) is 8.99. The van der Waals surface area contributed by atoms with E-state index in [9.17, 15) is 9.59 Å². The molecule has 0 aliphatic rings. The third-order valence-corrected chi connectivity index (χ3v) is 2.28. The Labute approximate surface area is 72.9 Å². The van der Waals surface area contributed by atoms with Crippen LogP contribution in [-0.4, -0.2) is 16.1 Å². The molecule has 1 aromatic heterocycles. The summed E-state index contributed by atoms with van der Waals surface area (Å²) in [6.45, 7) is 0. The monoisotopic (exact) mass is 187 g/mol. The van der Waals surface area contributed by atoms with Gasteiger partial charge in [-0.15, -0.1) is 0 Å². The quantitative estimate of drug-likeness (QED) is 0.733. The number of carboxylic acids is 1. The Bertz CT molecular complexity index is 314. The molecule has 0 saturated carbocycles. The Balaban J connectivity index is 2.33. The van der Waals surface area contributed by atoms with Crippen LogP contribution >= 0.6 is 11.3 Å². The van der Waals surface area contributed by atoms with E-state index in [1.54, 1.807) is 6.20 Å². The van der Waals surface area contributed by atoms with E-state index in [4.69, 9.17) is 5.11 Å². The van der Waals surface area contributed by atoms with Crippen molar-refractivity contribution in [1.29, 1.82) is 0 Å². The number of H-pyrrole nitrogens is 1. The van der Waals surface area contributed by atoms with Gasteiger partial charge >= 0.3 is 10.8 Å². The van der Waals surface area contributed by atoms with Crippen molar-refractivity contribution in [3.8, 4) is 0 Å². The van der Waals surface area contributed by atoms with Crippen LogP contribution in [-0.2, 0) is 11.2 Å². The van der Waals surface area contributed by atoms with E-state index in [1.807, 2.05) is 0 Å². The Morgan fingerprint density at radius 2 is 2.42 bits per heavy atom. The molecule has 0 aliphatic heterocycles. The van der Waals surface area contributed by atoms with Gasteiger partial charge in [0.2, 0.25) is 0 Å². The molecule has 0 spiro atoms. The Hall–Kier alpha value is -1.10. The van der Waals surface area contributed by atoms with Gasteiger partial charge < -0.3 is 10.1 Å². The van der Waals surface area contributed by atoms with Gasteiger partial charge in [-0.2, -0.15) is 0 Å². The molecule has 0 radical (unpaired) electrons. The fraction of sp³-hybridized carbons (Fsp3) is 0.429. The second-order valence-corrected chi connectivity index (χ2v) is 3.49. The van der Waals surface area contributed by atoms with Gasteiger partial charge in [-0.05, 0) is 12.8 Å². The van der Waals surface area contributed by atoms with Crippen LogP contribution in [0.15, 0.2) is 11.0 Å². The highest BCUT2D eigenvalue weighted by Crippen LogP contribution is 2.05. The normalized spacial score (nSPS) is 10.0. The summed E-state index contributed by atoms with van der Waals surface area (Å²) in [5.74, 6) is -0.794. The topological polar surface area (TPSA) is 70.2 Å². The van der Waals surface area contributed by atoms with Crippen LogP contribution in [0, 0.1) is 0 Å². The molecule has 5 heteroatoms. The standard InChI is InChI=1S/C7H9NO3S/c9-6(10)3-1-2-5-4-8-7(11)12-5/h4H,1-3H2,(H,8,11)(H,9,10). The summed E-state index contributed by atoms with van der Waals surface area (Å²) >= 11 is 1.14. The lowest BCUT2D eigenvalue weighted by Crippen LogP contribution is -1.94. The number of aromatic amines is 1. The van der Waals surface area contributed by atoms with Crippen molar-refractivity contribution in [2.24, 2.45) is 0 Å². The molecule has 0 fully saturated rings. The first-order valence-corrected chi connectivity index (χ1v) is 4.39. The Morgan fingerprint density at radius 1 is 1.67 bits per heavy atom. The van der Waals surface area contributed by atoms with Gasteiger partial charge in [-0.25, -0.2) is 0 Å². The summed E-state index contributed by atoms with van der Waals surface area (Å²) in [4.78, 5) is 24.1. The van der Waals surface area contributed by atoms with E-state index in [0.29, 0.717) is 12.8 Å². The fourth-order valence-electron chi connectivity index (χ4n) is 0.854. The van der Waals surface area contributed by atoms with Gasteiger partial charge in [0.25, 0.3) is 0 Å². The lowest BCUT2D eigenvalue weighted by Gasteiger charge is -1.91. The van der Waals surface area contributed by atoms with E-state index >= 15 is 0 Å². The molecule has 0 bridgehead atoms. The summed E-state index contributed by atoms with van der Waals surface area (Å²) in [5.41, 5.74) is 0. The summed E-state index contributed by atoms with van der Waals surface area (Å²) in [5, 5.41) is 8.33. The highest BCUT2D eigenvalue weighted by Gasteiger charge is 1.99. The fourth-order valence-corrected chi connectivity index (χ4v) is 1.57. The van der Waals surface area contributed by atoms with E-state index in [1.165, 1.54) is 0 Å². The van der Waals surface area contributed by atoms with Crippen molar-refractivity contribution in [3.63, 3.8) is 0 Å². The zero-order chi connectivity index (χ0) is 8.97. The Morgan fingerprint density at radius 3 is 2.92 bits per heavy atom. The van der Waals surface area contributed by atoms with Crippen LogP contribution in [0.4, 0.5) is 0 Å². The molecule has 1 rings (SSSR count). The van der Waals surface area contributed by atoms with E-state index in [-0.39, 0.29) is 11.3 Å². The van der Waals surface area contributed by atoms with Crippen LogP contribution in [0.25, 0.3) is 0 Å². The van der Waals surface area contributed by atoms with Gasteiger partial charge in [0.05, 0.1) is 0 Å². The third-order valence-electron chi connectivity index (χ3n) is 1.39. The predicted molar refractivity (Wildman–Crippen MR) is 45.5 cm³/mol. The van der Waals surface area contributed by atoms with Gasteiger partial charge in [0.1, 0.15) is 0 Å². The summed E-state index contributed by atoms with van der Waals surface area (Å²) in [6, 6.07) is 0. The molecule has 0 amide bonds. The number of aliphatic carboxylic acids is 1. The molecule has 0 saturated heterocycles. The minimum Gasteiger partial charge on any atom is -0.481 e. The predicted octanol–water partition coefficient (Wildman–Crippen LogP) is 0.844. The van der Waals surface area contributed by atoms with Crippen molar-refractivity contribution in [2.75, 3.05) is 0 Å². The average molecular weight is 187 g/mol. The van der Waals surface area contributed by atoms with Crippen molar-refractivity contribution in [2.45, 2.75) is 19.3 Å². The number of aryl methyl sites for hydroxylation is 1. The average Bonchev–Trinajstić information content (AvgIpc) is 2.35. The van der Waals surface area contributed by atoms with Crippen LogP contribution in [0.2, 0.25) is 0 Å². The maximum Gasteiger partial charge on any atom is 0.304 e. The summed E-state index contributed by atoms with van der Waals surface area (Å²) in [7, 11) is 0. The second kappa shape index (κ2) is 4.06. The molecule has 0 atom stereocenters. The minimum absolute atomic E-state index is 0.0830. The van der Waals surface area contributed by atoms with Gasteiger partial charge in [-0.3, -0.25) is 9.59 Å². The molecular formula is C7H9NO3S. The third kappa shape index (κ3) is 2.87. The zero-order valence-electron chi connectivity index (χ0n) is 6.37. The van der Waals surface area contributed by atoms with E-state index in [2.05, 4.69) is 4.98 Å². The number of nitrogens with one attached hydrogen (secondary N) is 1. The van der Waals surface area contributed by atoms with Crippen LogP contribution in [0.3, 0.4) is 0 Å². The van der Waals surface area contributed by atoms with Crippen LogP contribution in [0.5, 0.6) is 0 Å². The molecule has 0 aromatic carbocycles.